The molecule has 0 amide bonds. The molecule has 0 saturated heterocycles. The fraction of sp³-hybridized carbons (Fsp3) is 0.00877. The fourth-order valence-corrected chi connectivity index (χ4v) is 20.1. The van der Waals surface area contributed by atoms with Crippen LogP contribution < -0.4 is 9.80 Å². The molecule has 20 aromatic carbocycles. The topological polar surface area (TPSA) is 45.7 Å². The number of nitrogens with zero attached hydrogens (tertiary/aromatic N) is 3. The van der Waals surface area contributed by atoms with E-state index in [0.717, 1.165) is 154 Å². The Morgan fingerprint density at radius 1 is 0.303 bits per heavy atom. The highest BCUT2D eigenvalue weighted by atomic mass is 16.3. The van der Waals surface area contributed by atoms with E-state index in [-0.39, 0.29) is 6.04 Å². The second-order valence-corrected chi connectivity index (χ2v) is 31.8. The lowest BCUT2D eigenvalue weighted by atomic mass is 9.87. The number of fused-ring (bicyclic) bond motifs is 12. The van der Waals surface area contributed by atoms with E-state index in [9.17, 15) is 0 Å². The van der Waals surface area contributed by atoms with Crippen molar-refractivity contribution in [3.8, 4) is 66.9 Å². The van der Waals surface area contributed by atoms with E-state index >= 15 is 0 Å². The van der Waals surface area contributed by atoms with Gasteiger partial charge in [-0.25, -0.2) is 0 Å². The van der Waals surface area contributed by atoms with Gasteiger partial charge in [-0.2, -0.15) is 0 Å². The number of aromatic nitrogens is 1. The average molecular weight is 1510 g/mol. The van der Waals surface area contributed by atoms with Crippen molar-refractivity contribution in [1.29, 1.82) is 0 Å². The largest absolute Gasteiger partial charge is 0.454 e. The van der Waals surface area contributed by atoms with Crippen molar-refractivity contribution < 1.29 is 8.83 Å². The van der Waals surface area contributed by atoms with Crippen molar-refractivity contribution >= 4 is 169 Å². The normalized spacial score (nSPS) is 13.6. The molecular weight excluding hydrogens is 1440 g/mol. The Bertz CT molecular complexity index is 8290. The summed E-state index contributed by atoms with van der Waals surface area (Å²) < 4.78 is 15.9. The molecule has 1 unspecified atom stereocenters. The third-order valence-electron chi connectivity index (χ3n) is 25.4. The summed E-state index contributed by atoms with van der Waals surface area (Å²) in [5, 5.41) is 25.0. The first kappa shape index (κ1) is 66.7. The quantitative estimate of drug-likeness (QED) is 0.0954. The van der Waals surface area contributed by atoms with Gasteiger partial charge in [-0.05, 0) is 220 Å². The smallest absolute Gasteiger partial charge is 0.160 e. The monoisotopic (exact) mass is 1510 g/mol. The van der Waals surface area contributed by atoms with E-state index in [4.69, 9.17) is 13.8 Å². The standard InChI is InChI=1S/C114H69N3O2/c1-3-22-69(23-4-1)76-52-59-99-79(64-76)33-21-63-116(99)100-60-55-96-95-56-61-101(117(83-34-5-2-6-35-83)102-67-81-32-20-44-94(106(81)92-41-16-15-40-91(92)102)93-43-19-29-74-50-49-72-25-8-12-37-85(72)104(74)93)114-108(95)110-97(54-53-89(112(110)119-114)82-51-58-98(115-68-82)90-42-18-28-71-24-7-11-36-84(71)90)107-88(57-62-103-111(107)109(96)113(100)118-103)73-47-45-70(46-48-73)75-30-17-31-80(65-75)105-86-38-13-9-26-77(86)66-78-27-10-14-39-87(78)105/h1-68,99H. The van der Waals surface area contributed by atoms with Crippen LogP contribution in [0.2, 0.25) is 0 Å². The minimum absolute atomic E-state index is 0.0993. The van der Waals surface area contributed by atoms with Crippen LogP contribution in [0, 0.1) is 0 Å². The number of anilines is 4. The lowest BCUT2D eigenvalue weighted by Crippen LogP contribution is -2.33. The molecule has 0 saturated carbocycles. The summed E-state index contributed by atoms with van der Waals surface area (Å²) in [4.78, 5) is 10.2. The van der Waals surface area contributed by atoms with Gasteiger partial charge >= 0.3 is 0 Å². The lowest BCUT2D eigenvalue weighted by molar-refractivity contribution is 0.667. The molecule has 5 heteroatoms. The number of rotatable bonds is 11. The third kappa shape index (κ3) is 10.4. The molecule has 1 atom stereocenters. The van der Waals surface area contributed by atoms with Crippen LogP contribution in [0.3, 0.4) is 0 Å². The van der Waals surface area contributed by atoms with Gasteiger partial charge in [0.05, 0.1) is 28.8 Å². The van der Waals surface area contributed by atoms with Crippen molar-refractivity contribution in [3.63, 3.8) is 0 Å². The highest BCUT2D eigenvalue weighted by molar-refractivity contribution is 6.40. The zero-order valence-corrected chi connectivity index (χ0v) is 64.5. The van der Waals surface area contributed by atoms with E-state index in [2.05, 4.69) is 416 Å². The van der Waals surface area contributed by atoms with E-state index in [1.165, 1.54) is 92.8 Å². The molecule has 2 aliphatic rings. The summed E-state index contributed by atoms with van der Waals surface area (Å²) in [6.07, 6.45) is 15.6. The Hall–Kier alpha value is -15.7. The number of allylic oxidation sites excluding steroid dienone is 4. The molecule has 0 fully saturated rings. The van der Waals surface area contributed by atoms with E-state index in [0.29, 0.717) is 0 Å². The zero-order valence-electron chi connectivity index (χ0n) is 64.5. The van der Waals surface area contributed by atoms with Gasteiger partial charge in [0.25, 0.3) is 0 Å². The maximum atomic E-state index is 8.19. The van der Waals surface area contributed by atoms with Crippen LogP contribution in [0.4, 0.5) is 22.7 Å². The van der Waals surface area contributed by atoms with Crippen LogP contribution in [-0.2, 0) is 0 Å². The SMILES string of the molecule is C1=CN(c2ccc3c4ccc(N(c5ccccc5)c5cc6cccc(-c7cccc8ccc9ccccc9c78)c6c6ccccc56)c5oc6c(-c7ccc(-c8cccc9ccccc89)nc7)ccc(c7c(-c8ccc(-c9cccc(-c%10c%11ccccc%11cc%11ccccc%10%11)c9)cc8)ccc8oc2c3c87)c6c54)C2C=CC(c3ccccc3)=CC2=C1. The van der Waals surface area contributed by atoms with Crippen LogP contribution in [0.25, 0.3) is 213 Å². The Morgan fingerprint density at radius 2 is 0.874 bits per heavy atom. The molecule has 3 aromatic heterocycles. The average Bonchev–Trinajstić information content (AvgIpc) is 1.54. The Morgan fingerprint density at radius 3 is 1.65 bits per heavy atom. The summed E-state index contributed by atoms with van der Waals surface area (Å²) in [5.41, 5.74) is 23.6. The summed E-state index contributed by atoms with van der Waals surface area (Å²) in [6.45, 7) is 0. The van der Waals surface area contributed by atoms with Gasteiger partial charge in [0.1, 0.15) is 11.2 Å². The molecule has 1 aliphatic heterocycles. The highest BCUT2D eigenvalue weighted by Crippen LogP contribution is 2.56. The molecule has 1 aliphatic carbocycles. The van der Waals surface area contributed by atoms with Crippen molar-refractivity contribution in [2.75, 3.05) is 9.80 Å². The van der Waals surface area contributed by atoms with Gasteiger partial charge < -0.3 is 18.6 Å². The first-order valence-corrected chi connectivity index (χ1v) is 41.0. The summed E-state index contributed by atoms with van der Waals surface area (Å²) in [7, 11) is 0. The predicted molar refractivity (Wildman–Crippen MR) is 502 cm³/mol. The predicted octanol–water partition coefficient (Wildman–Crippen LogP) is 31.5. The van der Waals surface area contributed by atoms with Crippen LogP contribution in [0.5, 0.6) is 0 Å². The maximum Gasteiger partial charge on any atom is 0.160 e. The van der Waals surface area contributed by atoms with Gasteiger partial charge in [-0.15, -0.1) is 0 Å². The molecule has 4 heterocycles. The second-order valence-electron chi connectivity index (χ2n) is 31.8. The number of furan rings is 2. The van der Waals surface area contributed by atoms with Gasteiger partial charge in [0.15, 0.2) is 11.2 Å². The van der Waals surface area contributed by atoms with Crippen molar-refractivity contribution in [2.24, 2.45) is 0 Å². The Kier molecular flexibility index (Phi) is 14.8. The maximum absolute atomic E-state index is 8.19. The Balaban J connectivity index is 0.754. The van der Waals surface area contributed by atoms with Crippen LogP contribution in [-0.4, -0.2) is 11.0 Å². The highest BCUT2D eigenvalue weighted by Gasteiger charge is 2.33. The van der Waals surface area contributed by atoms with Gasteiger partial charge in [0, 0.05) is 67.1 Å². The number of benzene rings is 19. The third-order valence-corrected chi connectivity index (χ3v) is 25.4. The number of para-hydroxylation sites is 1. The Labute approximate surface area is 685 Å². The number of hydrogen-bond donors (Lipinski definition) is 0. The van der Waals surface area contributed by atoms with Gasteiger partial charge in [-0.1, -0.05) is 328 Å². The molecule has 119 heavy (non-hydrogen) atoms. The van der Waals surface area contributed by atoms with Crippen molar-refractivity contribution in [3.05, 3.63) is 424 Å². The molecule has 0 N–H and O–H groups in total. The molecule has 5 nitrogen and oxygen atoms in total. The van der Waals surface area contributed by atoms with Crippen LogP contribution in [0.1, 0.15) is 5.56 Å². The molecule has 25 rings (SSSR count). The molecular formula is C114H69N3O2. The van der Waals surface area contributed by atoms with Crippen LogP contribution in [0.15, 0.2) is 427 Å². The molecule has 0 radical (unpaired) electrons. The van der Waals surface area contributed by atoms with E-state index in [1.807, 2.05) is 6.20 Å². The first-order chi connectivity index (χ1) is 59.0. The summed E-state index contributed by atoms with van der Waals surface area (Å²) >= 11 is 0. The van der Waals surface area contributed by atoms with E-state index < -0.39 is 0 Å². The van der Waals surface area contributed by atoms with Gasteiger partial charge in [-0.3, -0.25) is 4.98 Å². The molecule has 0 spiro atoms. The molecule has 0 bridgehead atoms. The number of pyridine rings is 1. The fourth-order valence-electron chi connectivity index (χ4n) is 20.1. The molecule has 23 aromatic rings. The molecule has 552 valence electrons. The second kappa shape index (κ2) is 26.4. The van der Waals surface area contributed by atoms with Crippen molar-refractivity contribution in [2.45, 2.75) is 6.04 Å². The summed E-state index contributed by atoms with van der Waals surface area (Å²) in [5.74, 6) is 0. The summed E-state index contributed by atoms with van der Waals surface area (Å²) in [6, 6.07) is 136. The van der Waals surface area contributed by atoms with Crippen molar-refractivity contribution in [1.82, 2.24) is 4.98 Å². The van der Waals surface area contributed by atoms with Crippen LogP contribution >= 0.6 is 0 Å². The van der Waals surface area contributed by atoms with Gasteiger partial charge in [0.2, 0.25) is 0 Å². The lowest BCUT2D eigenvalue weighted by Gasteiger charge is -2.34. The van der Waals surface area contributed by atoms with E-state index in [1.54, 1.807) is 0 Å². The zero-order chi connectivity index (χ0) is 77.9. The minimum atomic E-state index is -0.0993. The minimum Gasteiger partial charge on any atom is -0.454 e. The first-order valence-electron chi connectivity index (χ1n) is 41.0. The number of hydrogen-bond acceptors (Lipinski definition) is 5.